The minimum Gasteiger partial charge on any atom is -0.352 e. The van der Waals surface area contributed by atoms with E-state index in [0.717, 1.165) is 10.6 Å². The summed E-state index contributed by atoms with van der Waals surface area (Å²) >= 11 is 0. The van der Waals surface area contributed by atoms with Crippen LogP contribution in [0.5, 0.6) is 0 Å². The van der Waals surface area contributed by atoms with Gasteiger partial charge in [0.2, 0.25) is 5.91 Å². The fraction of sp³-hybridized carbons (Fsp3) is 0.211. The quantitative estimate of drug-likeness (QED) is 0.763. The number of nitrogens with zero attached hydrogens (tertiary/aromatic N) is 2. The number of fused-ring (bicyclic) bond motifs is 1. The predicted molar refractivity (Wildman–Crippen MR) is 93.7 cm³/mol. The van der Waals surface area contributed by atoms with Gasteiger partial charge in [0.25, 0.3) is 5.56 Å². The fourth-order valence-electron chi connectivity index (χ4n) is 2.76. The zero-order valence-electron chi connectivity index (χ0n) is 14.1. The van der Waals surface area contributed by atoms with Crippen LogP contribution in [0.2, 0.25) is 0 Å². The normalized spacial score (nSPS) is 12.1. The monoisotopic (exact) mass is 357 g/mol. The molecule has 0 bridgehead atoms. The Hall–Kier alpha value is -3.09. The molecule has 134 valence electrons. The van der Waals surface area contributed by atoms with Gasteiger partial charge in [-0.3, -0.25) is 14.2 Å². The smallest absolute Gasteiger partial charge is 0.261 e. The first-order valence-corrected chi connectivity index (χ1v) is 8.11. The number of hydrogen-bond acceptors (Lipinski definition) is 3. The van der Waals surface area contributed by atoms with Crippen molar-refractivity contribution in [1.29, 1.82) is 0 Å². The van der Waals surface area contributed by atoms with E-state index in [2.05, 4.69) is 10.3 Å². The van der Waals surface area contributed by atoms with Gasteiger partial charge in [-0.25, -0.2) is 13.8 Å². The summed E-state index contributed by atoms with van der Waals surface area (Å²) in [7, 11) is 0. The van der Waals surface area contributed by atoms with Crippen LogP contribution in [0.1, 0.15) is 12.5 Å². The van der Waals surface area contributed by atoms with Gasteiger partial charge in [-0.2, -0.15) is 0 Å². The van der Waals surface area contributed by atoms with Gasteiger partial charge >= 0.3 is 0 Å². The molecule has 0 saturated carbocycles. The maximum atomic E-state index is 13.7. The molecule has 0 aliphatic carbocycles. The predicted octanol–water partition coefficient (Wildman–Crippen LogP) is 2.42. The van der Waals surface area contributed by atoms with Crippen molar-refractivity contribution in [3.05, 3.63) is 76.3 Å². The molecule has 5 nitrogen and oxygen atoms in total. The van der Waals surface area contributed by atoms with Gasteiger partial charge in [-0.15, -0.1) is 0 Å². The van der Waals surface area contributed by atoms with Gasteiger partial charge in [-0.05, 0) is 43.2 Å². The van der Waals surface area contributed by atoms with Gasteiger partial charge in [0.05, 0.1) is 17.2 Å². The van der Waals surface area contributed by atoms with Crippen molar-refractivity contribution in [1.82, 2.24) is 14.9 Å². The first kappa shape index (κ1) is 17.7. The van der Waals surface area contributed by atoms with E-state index in [1.165, 1.54) is 24.5 Å². The van der Waals surface area contributed by atoms with E-state index in [-0.39, 0.29) is 23.8 Å². The second-order valence-corrected chi connectivity index (χ2v) is 6.10. The highest BCUT2D eigenvalue weighted by atomic mass is 19.1. The maximum absolute atomic E-state index is 13.7. The van der Waals surface area contributed by atoms with Crippen molar-refractivity contribution in [2.24, 2.45) is 0 Å². The molecule has 0 aliphatic rings. The number of nitrogens with one attached hydrogen (secondary N) is 1. The van der Waals surface area contributed by atoms with Crippen LogP contribution < -0.4 is 10.9 Å². The van der Waals surface area contributed by atoms with Gasteiger partial charge in [0.15, 0.2) is 0 Å². The molecule has 1 unspecified atom stereocenters. The van der Waals surface area contributed by atoms with E-state index >= 15 is 0 Å². The molecular weight excluding hydrogens is 340 g/mol. The fourth-order valence-corrected chi connectivity index (χ4v) is 2.76. The van der Waals surface area contributed by atoms with Gasteiger partial charge in [0.1, 0.15) is 18.2 Å². The molecule has 0 fully saturated rings. The summed E-state index contributed by atoms with van der Waals surface area (Å²) < 4.78 is 28.1. The van der Waals surface area contributed by atoms with E-state index in [1.54, 1.807) is 25.1 Å². The molecule has 1 heterocycles. The van der Waals surface area contributed by atoms with Crippen molar-refractivity contribution in [2.45, 2.75) is 25.9 Å². The third kappa shape index (κ3) is 3.93. The van der Waals surface area contributed by atoms with E-state index in [0.29, 0.717) is 17.5 Å². The number of amides is 1. The van der Waals surface area contributed by atoms with Crippen molar-refractivity contribution < 1.29 is 13.6 Å². The second-order valence-electron chi connectivity index (χ2n) is 6.10. The Bertz CT molecular complexity index is 1020. The number of carbonyl (C=O) groups excluding carboxylic acids is 1. The lowest BCUT2D eigenvalue weighted by molar-refractivity contribution is -0.122. The van der Waals surface area contributed by atoms with Crippen molar-refractivity contribution >= 4 is 16.8 Å². The molecule has 7 heteroatoms. The van der Waals surface area contributed by atoms with E-state index < -0.39 is 17.3 Å². The lowest BCUT2D eigenvalue weighted by atomic mass is 10.1. The first-order chi connectivity index (χ1) is 12.4. The molecular formula is C19H17F2N3O2. The molecule has 0 aliphatic heterocycles. The number of rotatable bonds is 5. The third-order valence-electron chi connectivity index (χ3n) is 3.99. The standard InChI is InChI=1S/C19H17F2N3O2/c1-12(8-13-4-2-3-5-16(13)21)23-18(25)10-24-11-22-17-7-6-14(20)9-15(17)19(24)26/h2-7,9,11-12H,8,10H2,1H3,(H,23,25). The summed E-state index contributed by atoms with van der Waals surface area (Å²) in [6, 6.07) is 9.76. The summed E-state index contributed by atoms with van der Waals surface area (Å²) in [6.07, 6.45) is 1.58. The highest BCUT2D eigenvalue weighted by Crippen LogP contribution is 2.10. The van der Waals surface area contributed by atoms with Gasteiger partial charge < -0.3 is 5.32 Å². The molecule has 3 aromatic rings. The Morgan fingerprint density at radius 3 is 2.77 bits per heavy atom. The number of hydrogen-bond donors (Lipinski definition) is 1. The molecule has 3 rings (SSSR count). The van der Waals surface area contributed by atoms with Crippen LogP contribution in [-0.4, -0.2) is 21.5 Å². The summed E-state index contributed by atoms with van der Waals surface area (Å²) in [5, 5.41) is 2.83. The number of carbonyl (C=O) groups is 1. The Morgan fingerprint density at radius 2 is 2.00 bits per heavy atom. The van der Waals surface area contributed by atoms with Crippen molar-refractivity contribution in [3.63, 3.8) is 0 Å². The first-order valence-electron chi connectivity index (χ1n) is 8.11. The Labute approximate surface area is 148 Å². The highest BCUT2D eigenvalue weighted by Gasteiger charge is 2.13. The Kier molecular flexibility index (Phi) is 5.06. The Balaban J connectivity index is 1.70. The minimum absolute atomic E-state index is 0.111. The van der Waals surface area contributed by atoms with Crippen LogP contribution in [0.4, 0.5) is 8.78 Å². The second kappa shape index (κ2) is 7.43. The van der Waals surface area contributed by atoms with E-state index in [1.807, 2.05) is 0 Å². The summed E-state index contributed by atoms with van der Waals surface area (Å²) in [5.74, 6) is -1.28. The van der Waals surface area contributed by atoms with Gasteiger partial charge in [-0.1, -0.05) is 18.2 Å². The molecule has 0 spiro atoms. The lowest BCUT2D eigenvalue weighted by Crippen LogP contribution is -2.38. The van der Waals surface area contributed by atoms with Crippen LogP contribution in [0.25, 0.3) is 10.9 Å². The largest absolute Gasteiger partial charge is 0.352 e. The van der Waals surface area contributed by atoms with Crippen molar-refractivity contribution in [2.75, 3.05) is 0 Å². The Morgan fingerprint density at radius 1 is 1.23 bits per heavy atom. The average Bonchev–Trinajstić information content (AvgIpc) is 2.60. The summed E-state index contributed by atoms with van der Waals surface area (Å²) in [5.41, 5.74) is 0.368. The number of aromatic nitrogens is 2. The third-order valence-corrected chi connectivity index (χ3v) is 3.99. The molecule has 1 atom stereocenters. The molecule has 26 heavy (non-hydrogen) atoms. The van der Waals surface area contributed by atoms with Crippen molar-refractivity contribution in [3.8, 4) is 0 Å². The van der Waals surface area contributed by atoms with Crippen LogP contribution in [0, 0.1) is 11.6 Å². The summed E-state index contributed by atoms with van der Waals surface area (Å²) in [6.45, 7) is 1.50. The molecule has 0 radical (unpaired) electrons. The number of benzene rings is 2. The summed E-state index contributed by atoms with van der Waals surface area (Å²) in [4.78, 5) is 28.6. The molecule has 1 amide bonds. The average molecular weight is 357 g/mol. The molecule has 1 aromatic heterocycles. The zero-order chi connectivity index (χ0) is 18.7. The highest BCUT2D eigenvalue weighted by molar-refractivity contribution is 5.79. The van der Waals surface area contributed by atoms with Crippen LogP contribution in [0.3, 0.4) is 0 Å². The van der Waals surface area contributed by atoms with Gasteiger partial charge in [0, 0.05) is 6.04 Å². The van der Waals surface area contributed by atoms with E-state index in [4.69, 9.17) is 0 Å². The topological polar surface area (TPSA) is 64.0 Å². The van der Waals surface area contributed by atoms with Crippen LogP contribution >= 0.6 is 0 Å². The van der Waals surface area contributed by atoms with Crippen LogP contribution in [0.15, 0.2) is 53.6 Å². The molecule has 1 N–H and O–H groups in total. The van der Waals surface area contributed by atoms with Crippen LogP contribution in [-0.2, 0) is 17.8 Å². The lowest BCUT2D eigenvalue weighted by Gasteiger charge is -2.15. The van der Waals surface area contributed by atoms with E-state index in [9.17, 15) is 18.4 Å². The number of halogens is 2. The SMILES string of the molecule is CC(Cc1ccccc1F)NC(=O)Cn1cnc2ccc(F)cc2c1=O. The molecule has 2 aromatic carbocycles. The minimum atomic E-state index is -0.544. The maximum Gasteiger partial charge on any atom is 0.261 e. The molecule has 0 saturated heterocycles. The zero-order valence-corrected chi connectivity index (χ0v) is 14.1.